The van der Waals surface area contributed by atoms with Crippen molar-refractivity contribution >= 4 is 11.7 Å². The normalized spacial score (nSPS) is 15.5. The van der Waals surface area contributed by atoms with E-state index in [1.165, 1.54) is 12.1 Å². The number of carbonyl (C=O) groups excluding carboxylic acids is 1. The fourth-order valence-corrected chi connectivity index (χ4v) is 1.31. The van der Waals surface area contributed by atoms with Gasteiger partial charge >= 0.3 is 6.03 Å². The Labute approximate surface area is 86.9 Å². The van der Waals surface area contributed by atoms with Crippen molar-refractivity contribution in [2.45, 2.75) is 6.04 Å². The van der Waals surface area contributed by atoms with E-state index in [-0.39, 0.29) is 17.9 Å². The van der Waals surface area contributed by atoms with Crippen LogP contribution in [0.5, 0.6) is 0 Å². The Morgan fingerprint density at radius 3 is 2.87 bits per heavy atom. The lowest BCUT2D eigenvalue weighted by molar-refractivity contribution is 0.243. The first kappa shape index (κ1) is 9.92. The van der Waals surface area contributed by atoms with Crippen LogP contribution in [0.2, 0.25) is 0 Å². The van der Waals surface area contributed by atoms with Crippen molar-refractivity contribution in [2.24, 2.45) is 0 Å². The molecule has 0 bridgehead atoms. The smallest absolute Gasteiger partial charge is 0.319 e. The maximum atomic E-state index is 12.8. The van der Waals surface area contributed by atoms with Crippen LogP contribution in [0, 0.1) is 5.82 Å². The van der Waals surface area contributed by atoms with Crippen LogP contribution in [0.15, 0.2) is 24.3 Å². The average molecular weight is 209 g/mol. The van der Waals surface area contributed by atoms with Gasteiger partial charge in [-0.3, -0.25) is 0 Å². The Morgan fingerprint density at radius 2 is 2.27 bits per heavy atom. The van der Waals surface area contributed by atoms with Crippen molar-refractivity contribution in [3.8, 4) is 0 Å². The lowest BCUT2D eigenvalue weighted by Gasteiger charge is -2.27. The molecule has 5 heteroatoms. The molecule has 1 fully saturated rings. The molecule has 0 unspecified atom stereocenters. The largest absolute Gasteiger partial charge is 0.333 e. The van der Waals surface area contributed by atoms with Gasteiger partial charge in [0.2, 0.25) is 0 Å². The number of halogens is 1. The van der Waals surface area contributed by atoms with Gasteiger partial charge in [-0.15, -0.1) is 0 Å². The maximum absolute atomic E-state index is 12.8. The second kappa shape index (κ2) is 4.27. The summed E-state index contributed by atoms with van der Waals surface area (Å²) in [6.07, 6.45) is 0. The molecule has 1 aliphatic rings. The molecule has 1 heterocycles. The Morgan fingerprint density at radius 1 is 1.47 bits per heavy atom. The second-order valence-electron chi connectivity index (χ2n) is 3.46. The molecule has 15 heavy (non-hydrogen) atoms. The summed E-state index contributed by atoms with van der Waals surface area (Å²) >= 11 is 0. The minimum Gasteiger partial charge on any atom is -0.333 e. The van der Waals surface area contributed by atoms with E-state index in [4.69, 9.17) is 0 Å². The van der Waals surface area contributed by atoms with Crippen molar-refractivity contribution in [1.82, 2.24) is 10.6 Å². The Bertz CT molecular complexity index is 365. The number of amides is 2. The van der Waals surface area contributed by atoms with Crippen molar-refractivity contribution in [3.05, 3.63) is 30.1 Å². The van der Waals surface area contributed by atoms with Gasteiger partial charge < -0.3 is 16.0 Å². The molecule has 80 valence electrons. The van der Waals surface area contributed by atoms with Gasteiger partial charge in [0.25, 0.3) is 0 Å². The summed E-state index contributed by atoms with van der Waals surface area (Å²) in [5.41, 5.74) is 0.458. The number of nitrogens with one attached hydrogen (secondary N) is 3. The van der Waals surface area contributed by atoms with Crippen LogP contribution in [-0.4, -0.2) is 25.2 Å². The monoisotopic (exact) mass is 209 g/mol. The Kier molecular flexibility index (Phi) is 2.82. The lowest BCUT2D eigenvalue weighted by Crippen LogP contribution is -2.57. The van der Waals surface area contributed by atoms with Gasteiger partial charge in [0.05, 0.1) is 6.04 Å². The zero-order valence-electron chi connectivity index (χ0n) is 8.09. The van der Waals surface area contributed by atoms with E-state index in [1.807, 2.05) is 0 Å². The molecular weight excluding hydrogens is 197 g/mol. The molecule has 2 rings (SSSR count). The van der Waals surface area contributed by atoms with E-state index in [1.54, 1.807) is 12.1 Å². The molecule has 1 aliphatic heterocycles. The summed E-state index contributed by atoms with van der Waals surface area (Å²) in [5.74, 6) is -0.363. The molecule has 0 aliphatic carbocycles. The molecule has 0 radical (unpaired) electrons. The summed E-state index contributed by atoms with van der Waals surface area (Å²) in [6.45, 7) is 1.58. The summed E-state index contributed by atoms with van der Waals surface area (Å²) in [5, 5.41) is 8.35. The number of hydrogen-bond acceptors (Lipinski definition) is 2. The zero-order chi connectivity index (χ0) is 10.7. The molecule has 0 atom stereocenters. The Hall–Kier alpha value is -1.62. The third-order valence-electron chi connectivity index (χ3n) is 2.20. The highest BCUT2D eigenvalue weighted by molar-refractivity contribution is 5.89. The topological polar surface area (TPSA) is 53.2 Å². The SMILES string of the molecule is O=C(Nc1cccc(F)c1)NC1CNC1. The predicted molar refractivity (Wildman–Crippen MR) is 55.2 cm³/mol. The Balaban J connectivity index is 1.87. The average Bonchev–Trinajstić information content (AvgIpc) is 2.11. The van der Waals surface area contributed by atoms with Gasteiger partial charge in [-0.05, 0) is 18.2 Å². The fraction of sp³-hybridized carbons (Fsp3) is 0.300. The number of anilines is 1. The number of benzene rings is 1. The summed E-state index contributed by atoms with van der Waals surface area (Å²) in [7, 11) is 0. The quantitative estimate of drug-likeness (QED) is 0.678. The first-order valence-electron chi connectivity index (χ1n) is 4.78. The molecule has 1 saturated heterocycles. The standard InChI is InChI=1S/C10H12FN3O/c11-7-2-1-3-8(4-7)13-10(15)14-9-5-12-6-9/h1-4,9,12H,5-6H2,(H2,13,14,15). The van der Waals surface area contributed by atoms with Crippen molar-refractivity contribution in [3.63, 3.8) is 0 Å². The van der Waals surface area contributed by atoms with Crippen molar-refractivity contribution < 1.29 is 9.18 Å². The van der Waals surface area contributed by atoms with Crippen LogP contribution in [0.3, 0.4) is 0 Å². The van der Waals surface area contributed by atoms with E-state index < -0.39 is 0 Å². The van der Waals surface area contributed by atoms with E-state index in [0.29, 0.717) is 5.69 Å². The first-order valence-corrected chi connectivity index (χ1v) is 4.78. The number of carbonyl (C=O) groups is 1. The fourth-order valence-electron chi connectivity index (χ4n) is 1.31. The van der Waals surface area contributed by atoms with Crippen LogP contribution in [0.25, 0.3) is 0 Å². The van der Waals surface area contributed by atoms with Gasteiger partial charge in [0.1, 0.15) is 5.82 Å². The maximum Gasteiger partial charge on any atom is 0.319 e. The lowest BCUT2D eigenvalue weighted by atomic mass is 10.2. The van der Waals surface area contributed by atoms with Crippen molar-refractivity contribution in [1.29, 1.82) is 0 Å². The van der Waals surface area contributed by atoms with Gasteiger partial charge in [-0.2, -0.15) is 0 Å². The molecule has 3 N–H and O–H groups in total. The van der Waals surface area contributed by atoms with Crippen LogP contribution >= 0.6 is 0 Å². The summed E-state index contributed by atoms with van der Waals surface area (Å²) in [6, 6.07) is 5.68. The van der Waals surface area contributed by atoms with Gasteiger partial charge in [0, 0.05) is 18.8 Å². The zero-order valence-corrected chi connectivity index (χ0v) is 8.09. The van der Waals surface area contributed by atoms with Gasteiger partial charge in [-0.25, -0.2) is 9.18 Å². The van der Waals surface area contributed by atoms with E-state index in [9.17, 15) is 9.18 Å². The molecule has 1 aromatic carbocycles. The minimum absolute atomic E-state index is 0.179. The summed E-state index contributed by atoms with van der Waals surface area (Å²) < 4.78 is 12.8. The van der Waals surface area contributed by atoms with E-state index >= 15 is 0 Å². The summed E-state index contributed by atoms with van der Waals surface area (Å²) in [4.78, 5) is 11.4. The van der Waals surface area contributed by atoms with Crippen LogP contribution in [0.4, 0.5) is 14.9 Å². The molecule has 0 saturated carbocycles. The van der Waals surface area contributed by atoms with Crippen LogP contribution < -0.4 is 16.0 Å². The highest BCUT2D eigenvalue weighted by atomic mass is 19.1. The van der Waals surface area contributed by atoms with Crippen LogP contribution in [-0.2, 0) is 0 Å². The molecular formula is C10H12FN3O. The second-order valence-corrected chi connectivity index (χ2v) is 3.46. The molecule has 2 amide bonds. The van der Waals surface area contributed by atoms with E-state index in [2.05, 4.69) is 16.0 Å². The van der Waals surface area contributed by atoms with Crippen LogP contribution in [0.1, 0.15) is 0 Å². The molecule has 1 aromatic rings. The number of rotatable bonds is 2. The van der Waals surface area contributed by atoms with E-state index in [0.717, 1.165) is 13.1 Å². The number of hydrogen-bond donors (Lipinski definition) is 3. The first-order chi connectivity index (χ1) is 7.24. The molecule has 4 nitrogen and oxygen atoms in total. The van der Waals surface area contributed by atoms with Gasteiger partial charge in [-0.1, -0.05) is 6.07 Å². The third-order valence-corrected chi connectivity index (χ3v) is 2.20. The van der Waals surface area contributed by atoms with Gasteiger partial charge in [0.15, 0.2) is 0 Å². The highest BCUT2D eigenvalue weighted by Gasteiger charge is 2.18. The predicted octanol–water partition coefficient (Wildman–Crippen LogP) is 0.919. The third kappa shape index (κ3) is 2.66. The molecule has 0 spiro atoms. The highest BCUT2D eigenvalue weighted by Crippen LogP contribution is 2.08. The van der Waals surface area contributed by atoms with Crippen molar-refractivity contribution in [2.75, 3.05) is 18.4 Å². The molecule has 0 aromatic heterocycles. The minimum atomic E-state index is -0.363. The number of urea groups is 1.